The van der Waals surface area contributed by atoms with Gasteiger partial charge < -0.3 is 0 Å². The Morgan fingerprint density at radius 1 is 1.03 bits per heavy atom. The van der Waals surface area contributed by atoms with E-state index in [1.807, 2.05) is 30.5 Å². The van der Waals surface area contributed by atoms with Crippen LogP contribution in [0.3, 0.4) is 0 Å². The SMILES string of the molecule is CSC(=Nc1cccc(Cl)c1)NNc1nc2ccccc2c(=O)n1-c1ccccc1Cl. The van der Waals surface area contributed by atoms with Gasteiger partial charge in [-0.1, -0.05) is 65.3 Å². The van der Waals surface area contributed by atoms with Gasteiger partial charge in [0.25, 0.3) is 5.56 Å². The molecule has 31 heavy (non-hydrogen) atoms. The first-order valence-electron chi connectivity index (χ1n) is 9.24. The van der Waals surface area contributed by atoms with Crippen LogP contribution in [0.5, 0.6) is 0 Å². The summed E-state index contributed by atoms with van der Waals surface area (Å²) in [5.74, 6) is 0.282. The lowest BCUT2D eigenvalue weighted by Gasteiger charge is -2.17. The summed E-state index contributed by atoms with van der Waals surface area (Å²) in [5, 5.41) is 2.09. The third-order valence-electron chi connectivity index (χ3n) is 4.38. The maximum atomic E-state index is 13.3. The Balaban J connectivity index is 1.77. The average molecular weight is 470 g/mol. The lowest BCUT2D eigenvalue weighted by Crippen LogP contribution is -2.32. The van der Waals surface area contributed by atoms with Crippen molar-refractivity contribution in [1.82, 2.24) is 15.0 Å². The molecule has 0 aliphatic carbocycles. The molecule has 9 heteroatoms. The number of aromatic nitrogens is 2. The number of aliphatic imine (C=N–C) groups is 1. The van der Waals surface area contributed by atoms with Crippen LogP contribution in [-0.4, -0.2) is 21.0 Å². The van der Waals surface area contributed by atoms with E-state index in [-0.39, 0.29) is 11.5 Å². The number of amidine groups is 1. The summed E-state index contributed by atoms with van der Waals surface area (Å²) < 4.78 is 1.44. The van der Waals surface area contributed by atoms with Gasteiger partial charge in [-0.3, -0.25) is 15.6 Å². The van der Waals surface area contributed by atoms with Crippen LogP contribution in [0, 0.1) is 0 Å². The van der Waals surface area contributed by atoms with Gasteiger partial charge in [-0.15, -0.1) is 0 Å². The fourth-order valence-corrected chi connectivity index (χ4v) is 3.72. The van der Waals surface area contributed by atoms with Gasteiger partial charge in [0.2, 0.25) is 5.95 Å². The van der Waals surface area contributed by atoms with Crippen LogP contribution in [0.4, 0.5) is 11.6 Å². The van der Waals surface area contributed by atoms with Gasteiger partial charge in [0.15, 0.2) is 5.17 Å². The molecule has 1 aromatic heterocycles. The maximum absolute atomic E-state index is 13.3. The normalized spacial score (nSPS) is 11.5. The van der Waals surface area contributed by atoms with E-state index in [9.17, 15) is 4.79 Å². The fourth-order valence-electron chi connectivity index (χ4n) is 2.97. The molecule has 0 aliphatic heterocycles. The highest BCUT2D eigenvalue weighted by Gasteiger charge is 2.15. The predicted octanol–water partition coefficient (Wildman–Crippen LogP) is 5.66. The quantitative estimate of drug-likeness (QED) is 0.229. The van der Waals surface area contributed by atoms with Crippen molar-refractivity contribution in [2.24, 2.45) is 4.99 Å². The fraction of sp³-hybridized carbons (Fsp3) is 0.0455. The minimum absolute atomic E-state index is 0.236. The molecule has 4 aromatic rings. The Morgan fingerprint density at radius 2 is 1.81 bits per heavy atom. The molecule has 0 saturated heterocycles. The number of halogens is 2. The number of hydrazine groups is 1. The monoisotopic (exact) mass is 469 g/mol. The van der Waals surface area contributed by atoms with Gasteiger partial charge in [0, 0.05) is 5.02 Å². The number of nitrogens with one attached hydrogen (secondary N) is 2. The largest absolute Gasteiger partial charge is 0.276 e. The molecule has 0 fully saturated rings. The zero-order valence-corrected chi connectivity index (χ0v) is 18.7. The molecule has 0 amide bonds. The Kier molecular flexibility index (Phi) is 6.46. The van der Waals surface area contributed by atoms with Crippen LogP contribution in [-0.2, 0) is 0 Å². The van der Waals surface area contributed by atoms with Crippen molar-refractivity contribution in [1.29, 1.82) is 0 Å². The van der Waals surface area contributed by atoms with Crippen LogP contribution in [0.25, 0.3) is 16.6 Å². The van der Waals surface area contributed by atoms with Crippen LogP contribution < -0.4 is 16.4 Å². The van der Waals surface area contributed by atoms with Crippen molar-refractivity contribution in [3.8, 4) is 5.69 Å². The molecule has 0 spiro atoms. The summed E-state index contributed by atoms with van der Waals surface area (Å²) in [5.41, 5.74) is 7.60. The van der Waals surface area contributed by atoms with Crippen molar-refractivity contribution in [3.05, 3.63) is 93.2 Å². The molecule has 4 rings (SSSR count). The molecular formula is C22H17Cl2N5OS. The standard InChI is InChI=1S/C22H17Cl2N5OS/c1-31-22(25-15-8-6-7-14(23)13-15)28-27-21-26-18-11-4-2-9-16(18)20(30)29(21)19-12-5-3-10-17(19)24/h2-13H,1H3,(H,25,28)(H,26,27). The number of thioether (sulfide) groups is 1. The van der Waals surface area contributed by atoms with Crippen molar-refractivity contribution in [2.75, 3.05) is 11.7 Å². The molecule has 0 bridgehead atoms. The first-order chi connectivity index (χ1) is 15.1. The van der Waals surface area contributed by atoms with E-state index < -0.39 is 0 Å². The van der Waals surface area contributed by atoms with Gasteiger partial charge >= 0.3 is 0 Å². The minimum atomic E-state index is -0.236. The summed E-state index contributed by atoms with van der Waals surface area (Å²) in [4.78, 5) is 22.5. The number of hydrogen-bond acceptors (Lipinski definition) is 5. The van der Waals surface area contributed by atoms with Crippen LogP contribution in [0.2, 0.25) is 10.0 Å². The van der Waals surface area contributed by atoms with Crippen molar-refractivity contribution in [2.45, 2.75) is 0 Å². The number of hydrogen-bond donors (Lipinski definition) is 2. The number of fused-ring (bicyclic) bond motifs is 1. The smallest absolute Gasteiger partial charge is 0.267 e. The van der Waals surface area contributed by atoms with Gasteiger partial charge in [-0.05, 0) is 48.7 Å². The predicted molar refractivity (Wildman–Crippen MR) is 131 cm³/mol. The molecular weight excluding hydrogens is 453 g/mol. The number of anilines is 1. The lowest BCUT2D eigenvalue weighted by atomic mass is 10.2. The molecule has 156 valence electrons. The summed E-state index contributed by atoms with van der Waals surface area (Å²) >= 11 is 13.8. The summed E-state index contributed by atoms with van der Waals surface area (Å²) in [6.07, 6.45) is 1.88. The van der Waals surface area contributed by atoms with Gasteiger partial charge in [0.05, 0.1) is 27.3 Å². The second kappa shape index (κ2) is 9.43. The lowest BCUT2D eigenvalue weighted by molar-refractivity contribution is 0.929. The van der Waals surface area contributed by atoms with Gasteiger partial charge in [0.1, 0.15) is 0 Å². The van der Waals surface area contributed by atoms with Gasteiger partial charge in [-0.25, -0.2) is 14.5 Å². The van der Waals surface area contributed by atoms with Crippen LogP contribution in [0.15, 0.2) is 82.6 Å². The van der Waals surface area contributed by atoms with E-state index >= 15 is 0 Å². The first kappa shape index (κ1) is 21.2. The number of benzene rings is 3. The van der Waals surface area contributed by atoms with Crippen LogP contribution in [0.1, 0.15) is 0 Å². The number of rotatable bonds is 4. The molecule has 0 unspecified atom stereocenters. The molecule has 1 heterocycles. The molecule has 6 nitrogen and oxygen atoms in total. The van der Waals surface area contributed by atoms with Gasteiger partial charge in [-0.2, -0.15) is 0 Å². The average Bonchev–Trinajstić information content (AvgIpc) is 2.77. The molecule has 2 N–H and O–H groups in total. The Morgan fingerprint density at radius 3 is 2.58 bits per heavy atom. The van der Waals surface area contributed by atoms with E-state index in [2.05, 4.69) is 20.8 Å². The van der Waals surface area contributed by atoms with E-state index in [0.717, 1.165) is 0 Å². The number of para-hydroxylation sites is 2. The first-order valence-corrected chi connectivity index (χ1v) is 11.2. The zero-order chi connectivity index (χ0) is 21.8. The van der Waals surface area contributed by atoms with E-state index in [0.29, 0.717) is 37.5 Å². The topological polar surface area (TPSA) is 71.3 Å². The van der Waals surface area contributed by atoms with Crippen LogP contribution >= 0.6 is 35.0 Å². The third kappa shape index (κ3) is 4.69. The highest BCUT2D eigenvalue weighted by atomic mass is 35.5. The third-order valence-corrected chi connectivity index (χ3v) is 5.52. The molecule has 0 atom stereocenters. The highest BCUT2D eigenvalue weighted by Crippen LogP contribution is 2.23. The summed E-state index contributed by atoms with van der Waals surface area (Å²) in [6.45, 7) is 0. The van der Waals surface area contributed by atoms with Crippen molar-refractivity contribution in [3.63, 3.8) is 0 Å². The van der Waals surface area contributed by atoms with E-state index in [1.165, 1.54) is 16.3 Å². The second-order valence-electron chi connectivity index (χ2n) is 6.40. The Hall–Kier alpha value is -3.00. The highest BCUT2D eigenvalue weighted by molar-refractivity contribution is 8.13. The van der Waals surface area contributed by atoms with Crippen molar-refractivity contribution < 1.29 is 0 Å². The molecule has 0 radical (unpaired) electrons. The summed E-state index contributed by atoms with van der Waals surface area (Å²) in [7, 11) is 0. The summed E-state index contributed by atoms with van der Waals surface area (Å²) in [6, 6.07) is 21.5. The van der Waals surface area contributed by atoms with E-state index in [4.69, 9.17) is 23.2 Å². The molecule has 3 aromatic carbocycles. The number of nitrogens with zero attached hydrogens (tertiary/aromatic N) is 3. The maximum Gasteiger partial charge on any atom is 0.267 e. The van der Waals surface area contributed by atoms with Crippen molar-refractivity contribution >= 4 is 62.7 Å². The zero-order valence-electron chi connectivity index (χ0n) is 16.3. The second-order valence-corrected chi connectivity index (χ2v) is 8.03. The Bertz CT molecular complexity index is 1340. The minimum Gasteiger partial charge on any atom is -0.276 e. The molecule has 0 saturated carbocycles. The Labute approximate surface area is 192 Å². The molecule has 0 aliphatic rings. The van der Waals surface area contributed by atoms with E-state index in [1.54, 1.807) is 48.5 Å².